The summed E-state index contributed by atoms with van der Waals surface area (Å²) in [5, 5.41) is 0. The van der Waals surface area contributed by atoms with E-state index in [1.807, 2.05) is 6.92 Å². The molecule has 0 aliphatic rings. The van der Waals surface area contributed by atoms with E-state index in [0.29, 0.717) is 6.42 Å². The molecule has 5 heteroatoms. The highest BCUT2D eigenvalue weighted by atomic mass is 32.2. The average molecular weight is 234 g/mol. The van der Waals surface area contributed by atoms with Crippen LogP contribution < -0.4 is 4.72 Å². The molecule has 0 spiro atoms. The number of rotatable bonds is 8. The highest BCUT2D eigenvalue weighted by Crippen LogP contribution is 1.98. The van der Waals surface area contributed by atoms with Crippen LogP contribution in [0.25, 0.3) is 0 Å². The molecular formula is C10H22N2O2S. The molecule has 0 unspecified atom stereocenters. The van der Waals surface area contributed by atoms with Crippen molar-refractivity contribution < 1.29 is 8.42 Å². The van der Waals surface area contributed by atoms with Crippen molar-refractivity contribution in [3.05, 3.63) is 12.2 Å². The molecular weight excluding hydrogens is 212 g/mol. The number of hydrogen-bond acceptors (Lipinski definition) is 3. The lowest BCUT2D eigenvalue weighted by Gasteiger charge is -2.20. The van der Waals surface area contributed by atoms with Crippen LogP contribution in [0.3, 0.4) is 0 Å². The SMILES string of the molecule is C=C(C)CN(CC)CCCS(=O)(=O)NC. The molecule has 4 nitrogen and oxygen atoms in total. The largest absolute Gasteiger partial charge is 0.300 e. The Hall–Kier alpha value is -0.390. The van der Waals surface area contributed by atoms with Crippen LogP contribution in [0.15, 0.2) is 12.2 Å². The highest BCUT2D eigenvalue weighted by Gasteiger charge is 2.08. The van der Waals surface area contributed by atoms with E-state index in [2.05, 4.69) is 23.1 Å². The molecule has 0 aliphatic heterocycles. The molecule has 15 heavy (non-hydrogen) atoms. The van der Waals surface area contributed by atoms with E-state index in [1.54, 1.807) is 0 Å². The fourth-order valence-electron chi connectivity index (χ4n) is 1.31. The van der Waals surface area contributed by atoms with Crippen LogP contribution in [0, 0.1) is 0 Å². The van der Waals surface area contributed by atoms with Crippen LogP contribution in [0.5, 0.6) is 0 Å². The van der Waals surface area contributed by atoms with Crippen molar-refractivity contribution in [2.45, 2.75) is 20.3 Å². The molecule has 0 aromatic heterocycles. The maximum absolute atomic E-state index is 11.1. The number of hydrogen-bond donors (Lipinski definition) is 1. The van der Waals surface area contributed by atoms with Gasteiger partial charge in [-0.1, -0.05) is 19.1 Å². The van der Waals surface area contributed by atoms with Crippen molar-refractivity contribution in [3.63, 3.8) is 0 Å². The molecule has 0 rings (SSSR count). The zero-order chi connectivity index (χ0) is 11.9. The second-order valence-electron chi connectivity index (χ2n) is 3.70. The molecule has 90 valence electrons. The molecule has 1 N–H and O–H groups in total. The summed E-state index contributed by atoms with van der Waals surface area (Å²) in [7, 11) is -1.61. The first-order valence-electron chi connectivity index (χ1n) is 5.19. The van der Waals surface area contributed by atoms with E-state index in [4.69, 9.17) is 0 Å². The summed E-state index contributed by atoms with van der Waals surface area (Å²) in [5.74, 6) is 0.191. The highest BCUT2D eigenvalue weighted by molar-refractivity contribution is 7.89. The van der Waals surface area contributed by atoms with Crippen LogP contribution in [0.4, 0.5) is 0 Å². The Labute approximate surface area is 93.4 Å². The normalized spacial score (nSPS) is 12.0. The van der Waals surface area contributed by atoms with Gasteiger partial charge in [0.1, 0.15) is 0 Å². The molecule has 0 heterocycles. The molecule has 0 aromatic rings. The second kappa shape index (κ2) is 6.98. The zero-order valence-corrected chi connectivity index (χ0v) is 10.7. The molecule has 0 aromatic carbocycles. The first-order valence-corrected chi connectivity index (χ1v) is 6.84. The van der Waals surface area contributed by atoms with Crippen molar-refractivity contribution in [3.8, 4) is 0 Å². The summed E-state index contributed by atoms with van der Waals surface area (Å²) in [5.41, 5.74) is 1.10. The fourth-order valence-corrected chi connectivity index (χ4v) is 2.02. The maximum Gasteiger partial charge on any atom is 0.211 e. The van der Waals surface area contributed by atoms with Gasteiger partial charge >= 0.3 is 0 Å². The molecule has 0 fully saturated rings. The summed E-state index contributed by atoms with van der Waals surface area (Å²) in [6.07, 6.45) is 0.657. The van der Waals surface area contributed by atoms with Gasteiger partial charge in [-0.05, 0) is 33.5 Å². The molecule has 0 bridgehead atoms. The van der Waals surface area contributed by atoms with Crippen molar-refractivity contribution in [1.82, 2.24) is 9.62 Å². The number of nitrogens with zero attached hydrogens (tertiary/aromatic N) is 1. The van der Waals surface area contributed by atoms with Gasteiger partial charge in [-0.25, -0.2) is 13.1 Å². The number of sulfonamides is 1. The molecule has 0 amide bonds. The lowest BCUT2D eigenvalue weighted by Crippen LogP contribution is -2.29. The van der Waals surface area contributed by atoms with Crippen LogP contribution in [-0.2, 0) is 10.0 Å². The monoisotopic (exact) mass is 234 g/mol. The topological polar surface area (TPSA) is 49.4 Å². The molecule has 0 saturated carbocycles. The van der Waals surface area contributed by atoms with E-state index in [9.17, 15) is 8.42 Å². The van der Waals surface area contributed by atoms with Crippen LogP contribution in [0.2, 0.25) is 0 Å². The summed E-state index contributed by atoms with van der Waals surface area (Å²) >= 11 is 0. The van der Waals surface area contributed by atoms with Crippen molar-refractivity contribution in [2.24, 2.45) is 0 Å². The summed E-state index contributed by atoms with van der Waals surface area (Å²) < 4.78 is 24.6. The van der Waals surface area contributed by atoms with Crippen LogP contribution >= 0.6 is 0 Å². The van der Waals surface area contributed by atoms with Gasteiger partial charge in [0.05, 0.1) is 5.75 Å². The fraction of sp³-hybridized carbons (Fsp3) is 0.800. The Kier molecular flexibility index (Phi) is 6.80. The maximum atomic E-state index is 11.1. The second-order valence-corrected chi connectivity index (χ2v) is 5.75. The van der Waals surface area contributed by atoms with Crippen molar-refractivity contribution in [1.29, 1.82) is 0 Å². The third-order valence-corrected chi connectivity index (χ3v) is 3.59. The van der Waals surface area contributed by atoms with E-state index in [1.165, 1.54) is 7.05 Å². The minimum Gasteiger partial charge on any atom is -0.300 e. The van der Waals surface area contributed by atoms with E-state index >= 15 is 0 Å². The standard InChI is InChI=1S/C10H22N2O2S/c1-5-12(9-10(2)3)7-6-8-15(13,14)11-4/h11H,2,5-9H2,1,3-4H3. The lowest BCUT2D eigenvalue weighted by molar-refractivity contribution is 0.313. The number of likely N-dealkylation sites (N-methyl/N-ethyl adjacent to an activating group) is 1. The smallest absolute Gasteiger partial charge is 0.211 e. The summed E-state index contributed by atoms with van der Waals surface area (Å²) in [4.78, 5) is 2.19. The molecule has 0 aliphatic carbocycles. The van der Waals surface area contributed by atoms with Gasteiger partial charge in [-0.3, -0.25) is 4.90 Å². The van der Waals surface area contributed by atoms with E-state index < -0.39 is 10.0 Å². The predicted molar refractivity (Wildman–Crippen MR) is 64.4 cm³/mol. The zero-order valence-electron chi connectivity index (χ0n) is 9.91. The van der Waals surface area contributed by atoms with Crippen molar-refractivity contribution >= 4 is 10.0 Å². The average Bonchev–Trinajstić information content (AvgIpc) is 2.15. The predicted octanol–water partition coefficient (Wildman–Crippen LogP) is 0.824. The molecule has 0 radical (unpaired) electrons. The van der Waals surface area contributed by atoms with Crippen LogP contribution in [-0.4, -0.2) is 45.8 Å². The van der Waals surface area contributed by atoms with Gasteiger partial charge in [0.25, 0.3) is 0 Å². The Bertz CT molecular complexity index is 286. The third kappa shape index (κ3) is 7.53. The van der Waals surface area contributed by atoms with Crippen LogP contribution in [0.1, 0.15) is 20.3 Å². The van der Waals surface area contributed by atoms with Crippen molar-refractivity contribution in [2.75, 3.05) is 32.4 Å². The summed E-state index contributed by atoms with van der Waals surface area (Å²) in [6.45, 7) is 10.5. The lowest BCUT2D eigenvalue weighted by atomic mass is 10.3. The van der Waals surface area contributed by atoms with E-state index in [-0.39, 0.29) is 5.75 Å². The molecule has 0 atom stereocenters. The number of nitrogens with one attached hydrogen (secondary N) is 1. The van der Waals surface area contributed by atoms with Gasteiger partial charge in [0.15, 0.2) is 0 Å². The Morgan fingerprint density at radius 2 is 2.07 bits per heavy atom. The quantitative estimate of drug-likeness (QED) is 0.633. The summed E-state index contributed by atoms with van der Waals surface area (Å²) in [6, 6.07) is 0. The van der Waals surface area contributed by atoms with Gasteiger partial charge < -0.3 is 0 Å². The first kappa shape index (κ1) is 14.6. The Morgan fingerprint density at radius 1 is 1.47 bits per heavy atom. The van der Waals surface area contributed by atoms with Gasteiger partial charge in [-0.2, -0.15) is 0 Å². The van der Waals surface area contributed by atoms with Gasteiger partial charge in [-0.15, -0.1) is 0 Å². The minimum atomic E-state index is -3.05. The molecule has 0 saturated heterocycles. The first-order chi connectivity index (χ1) is 6.91. The van der Waals surface area contributed by atoms with Gasteiger partial charge in [0.2, 0.25) is 10.0 Å². The van der Waals surface area contributed by atoms with Gasteiger partial charge in [0, 0.05) is 6.54 Å². The van der Waals surface area contributed by atoms with E-state index in [0.717, 1.165) is 25.2 Å². The minimum absolute atomic E-state index is 0.191. The third-order valence-electron chi connectivity index (χ3n) is 2.14. The Morgan fingerprint density at radius 3 is 2.47 bits per heavy atom. The Balaban J connectivity index is 3.87.